The van der Waals surface area contributed by atoms with E-state index in [0.29, 0.717) is 29.4 Å². The van der Waals surface area contributed by atoms with Gasteiger partial charge in [-0.3, -0.25) is 14.8 Å². The standard InChI is InChI=1S/C20H18FN5OS/c1-3-25(16-6-4-14(21)5-7-16)12-15-10-18(27)26-19(13(2)28-20(26)24-15)17-11-22-8-9-23-17/h4-11H,3,12H2,1-2H3. The van der Waals surface area contributed by atoms with E-state index in [1.807, 2.05) is 18.7 Å². The van der Waals surface area contributed by atoms with Crippen LogP contribution in [0.25, 0.3) is 16.3 Å². The van der Waals surface area contributed by atoms with Crippen molar-refractivity contribution in [2.45, 2.75) is 20.4 Å². The first-order valence-corrected chi connectivity index (χ1v) is 9.67. The fourth-order valence-corrected chi connectivity index (χ4v) is 4.16. The maximum atomic E-state index is 13.2. The molecule has 0 aliphatic heterocycles. The molecule has 6 nitrogen and oxygen atoms in total. The molecule has 0 fully saturated rings. The van der Waals surface area contributed by atoms with E-state index in [-0.39, 0.29) is 11.4 Å². The first kappa shape index (κ1) is 18.2. The van der Waals surface area contributed by atoms with Gasteiger partial charge < -0.3 is 4.90 Å². The van der Waals surface area contributed by atoms with Crippen LogP contribution in [0.15, 0.2) is 53.7 Å². The van der Waals surface area contributed by atoms with Crippen LogP contribution in [0.2, 0.25) is 0 Å². The van der Waals surface area contributed by atoms with Crippen molar-refractivity contribution in [2.75, 3.05) is 11.4 Å². The van der Waals surface area contributed by atoms with Crippen LogP contribution in [-0.4, -0.2) is 25.9 Å². The Labute approximate surface area is 165 Å². The number of hydrogen-bond acceptors (Lipinski definition) is 6. The minimum Gasteiger partial charge on any atom is -0.366 e. The fourth-order valence-electron chi connectivity index (χ4n) is 3.15. The van der Waals surface area contributed by atoms with Crippen molar-refractivity contribution in [1.29, 1.82) is 0 Å². The van der Waals surface area contributed by atoms with Crippen molar-refractivity contribution < 1.29 is 4.39 Å². The molecule has 8 heteroatoms. The quantitative estimate of drug-likeness (QED) is 0.516. The lowest BCUT2D eigenvalue weighted by Gasteiger charge is -2.22. The molecule has 0 aliphatic carbocycles. The Bertz CT molecular complexity index is 1170. The van der Waals surface area contributed by atoms with Crippen LogP contribution in [0.1, 0.15) is 17.5 Å². The summed E-state index contributed by atoms with van der Waals surface area (Å²) in [5.41, 5.74) is 2.77. The van der Waals surface area contributed by atoms with E-state index in [1.54, 1.807) is 41.2 Å². The summed E-state index contributed by atoms with van der Waals surface area (Å²) in [6.45, 7) is 5.13. The van der Waals surface area contributed by atoms with Crippen LogP contribution in [0.4, 0.5) is 10.1 Å². The van der Waals surface area contributed by atoms with E-state index in [2.05, 4.69) is 9.97 Å². The van der Waals surface area contributed by atoms with E-state index in [0.717, 1.165) is 16.3 Å². The van der Waals surface area contributed by atoms with Gasteiger partial charge in [0.1, 0.15) is 11.5 Å². The monoisotopic (exact) mass is 395 g/mol. The van der Waals surface area contributed by atoms with Gasteiger partial charge in [0, 0.05) is 35.6 Å². The highest BCUT2D eigenvalue weighted by Gasteiger charge is 2.17. The summed E-state index contributed by atoms with van der Waals surface area (Å²) in [5, 5.41) is 0. The topological polar surface area (TPSA) is 63.4 Å². The molecule has 3 aromatic heterocycles. The van der Waals surface area contributed by atoms with E-state index in [9.17, 15) is 9.18 Å². The molecule has 4 rings (SSSR count). The molecule has 0 saturated carbocycles. The highest BCUT2D eigenvalue weighted by Crippen LogP contribution is 2.28. The normalized spacial score (nSPS) is 11.1. The second kappa shape index (κ2) is 7.47. The molecule has 1 aromatic carbocycles. The molecular weight excluding hydrogens is 377 g/mol. The van der Waals surface area contributed by atoms with Gasteiger partial charge >= 0.3 is 0 Å². The van der Waals surface area contributed by atoms with Gasteiger partial charge in [-0.15, -0.1) is 11.3 Å². The van der Waals surface area contributed by atoms with Crippen LogP contribution in [0.3, 0.4) is 0 Å². The van der Waals surface area contributed by atoms with E-state index in [4.69, 9.17) is 4.98 Å². The number of anilines is 1. The van der Waals surface area contributed by atoms with Gasteiger partial charge in [0.15, 0.2) is 4.96 Å². The molecule has 0 amide bonds. The van der Waals surface area contributed by atoms with Crippen molar-refractivity contribution >= 4 is 22.0 Å². The number of fused-ring (bicyclic) bond motifs is 1. The van der Waals surface area contributed by atoms with Crippen molar-refractivity contribution in [2.24, 2.45) is 0 Å². The molecular formula is C20H18FN5OS. The fraction of sp³-hybridized carbons (Fsp3) is 0.200. The van der Waals surface area contributed by atoms with Crippen molar-refractivity contribution in [3.63, 3.8) is 0 Å². The first-order valence-electron chi connectivity index (χ1n) is 8.86. The molecule has 142 valence electrons. The molecule has 3 heterocycles. The van der Waals surface area contributed by atoms with E-state index in [1.165, 1.54) is 23.5 Å². The van der Waals surface area contributed by atoms with Gasteiger partial charge in [-0.1, -0.05) is 0 Å². The van der Waals surface area contributed by atoms with Crippen molar-refractivity contribution in [3.8, 4) is 11.4 Å². The minimum absolute atomic E-state index is 0.153. The molecule has 0 N–H and O–H groups in total. The number of rotatable bonds is 5. The van der Waals surface area contributed by atoms with Crippen LogP contribution in [0, 0.1) is 12.7 Å². The molecule has 4 aromatic rings. The Hall–Kier alpha value is -3.13. The third kappa shape index (κ3) is 3.38. The number of benzene rings is 1. The van der Waals surface area contributed by atoms with Gasteiger partial charge in [0.2, 0.25) is 0 Å². The zero-order valence-corrected chi connectivity index (χ0v) is 16.3. The van der Waals surface area contributed by atoms with Crippen LogP contribution in [-0.2, 0) is 6.54 Å². The maximum Gasteiger partial charge on any atom is 0.259 e. The Balaban J connectivity index is 1.74. The second-order valence-electron chi connectivity index (χ2n) is 6.29. The maximum absolute atomic E-state index is 13.2. The van der Waals surface area contributed by atoms with E-state index < -0.39 is 0 Å². The predicted molar refractivity (Wildman–Crippen MR) is 108 cm³/mol. The summed E-state index contributed by atoms with van der Waals surface area (Å²) >= 11 is 1.45. The van der Waals surface area contributed by atoms with Gasteiger partial charge in [0.25, 0.3) is 5.56 Å². The SMILES string of the molecule is CCN(Cc1cc(=O)n2c(-c3cnccn3)c(C)sc2n1)c1ccc(F)cc1. The molecule has 0 aliphatic rings. The Morgan fingerprint density at radius 2 is 2.00 bits per heavy atom. The number of aryl methyl sites for hydroxylation is 1. The predicted octanol–water partition coefficient (Wildman–Crippen LogP) is 3.69. The van der Waals surface area contributed by atoms with Crippen molar-refractivity contribution in [3.05, 3.63) is 75.7 Å². The second-order valence-corrected chi connectivity index (χ2v) is 7.47. The van der Waals surface area contributed by atoms with Crippen LogP contribution < -0.4 is 10.5 Å². The summed E-state index contributed by atoms with van der Waals surface area (Å²) in [6, 6.07) is 7.86. The van der Waals surface area contributed by atoms with Gasteiger partial charge in [0.05, 0.1) is 24.1 Å². The molecule has 0 bridgehead atoms. The highest BCUT2D eigenvalue weighted by atomic mass is 32.1. The van der Waals surface area contributed by atoms with E-state index >= 15 is 0 Å². The van der Waals surface area contributed by atoms with Crippen LogP contribution >= 0.6 is 11.3 Å². The smallest absolute Gasteiger partial charge is 0.259 e. The molecule has 0 unspecified atom stereocenters. The molecule has 0 radical (unpaired) electrons. The van der Waals surface area contributed by atoms with Gasteiger partial charge in [-0.2, -0.15) is 0 Å². The molecule has 28 heavy (non-hydrogen) atoms. The molecule has 0 spiro atoms. The summed E-state index contributed by atoms with van der Waals surface area (Å²) in [6.07, 6.45) is 4.84. The number of hydrogen-bond donors (Lipinski definition) is 0. The van der Waals surface area contributed by atoms with Crippen molar-refractivity contribution in [1.82, 2.24) is 19.4 Å². The zero-order chi connectivity index (χ0) is 19.7. The summed E-state index contributed by atoms with van der Waals surface area (Å²) in [4.78, 5) is 29.6. The lowest BCUT2D eigenvalue weighted by Crippen LogP contribution is -2.24. The highest BCUT2D eigenvalue weighted by molar-refractivity contribution is 7.17. The number of halogens is 1. The molecule has 0 saturated heterocycles. The Morgan fingerprint density at radius 3 is 2.68 bits per heavy atom. The van der Waals surface area contributed by atoms with Gasteiger partial charge in [-0.05, 0) is 38.1 Å². The third-order valence-corrected chi connectivity index (χ3v) is 5.43. The van der Waals surface area contributed by atoms with Gasteiger partial charge in [-0.25, -0.2) is 13.8 Å². The third-order valence-electron chi connectivity index (χ3n) is 4.47. The average Bonchev–Trinajstić information content (AvgIpc) is 3.04. The number of nitrogens with zero attached hydrogens (tertiary/aromatic N) is 5. The Kier molecular flexibility index (Phi) is 4.87. The summed E-state index contributed by atoms with van der Waals surface area (Å²) in [7, 11) is 0. The Morgan fingerprint density at radius 1 is 1.21 bits per heavy atom. The van der Waals surface area contributed by atoms with Crippen LogP contribution in [0.5, 0.6) is 0 Å². The lowest BCUT2D eigenvalue weighted by atomic mass is 10.2. The summed E-state index contributed by atoms with van der Waals surface area (Å²) in [5.74, 6) is -0.275. The first-order chi connectivity index (χ1) is 13.6. The average molecular weight is 395 g/mol. The summed E-state index contributed by atoms with van der Waals surface area (Å²) < 4.78 is 14.8. The number of aromatic nitrogens is 4. The molecule has 0 atom stereocenters. The largest absolute Gasteiger partial charge is 0.366 e. The lowest BCUT2D eigenvalue weighted by molar-refractivity contribution is 0.627. The minimum atomic E-state index is -0.275. The zero-order valence-electron chi connectivity index (χ0n) is 15.5. The number of thiazole rings is 1.